The van der Waals surface area contributed by atoms with Crippen LogP contribution in [0, 0.1) is 13.8 Å². The smallest absolute Gasteiger partial charge is 0.637 e. The molecule has 0 bridgehead atoms. The van der Waals surface area contributed by atoms with Crippen molar-refractivity contribution < 1.29 is 65.8 Å². The first-order valence-corrected chi connectivity index (χ1v) is 13.6. The van der Waals surface area contributed by atoms with E-state index in [1.165, 1.54) is 0 Å². The summed E-state index contributed by atoms with van der Waals surface area (Å²) in [4.78, 5) is 18.3. The van der Waals surface area contributed by atoms with Gasteiger partial charge in [0.2, 0.25) is 11.8 Å². The summed E-state index contributed by atoms with van der Waals surface area (Å²) >= 11 is 0. The second-order valence-corrected chi connectivity index (χ2v) is 9.98. The number of phenols is 1. The van der Waals surface area contributed by atoms with Crippen LogP contribution in [-0.4, -0.2) is 46.5 Å². The SMILES string of the molecule is Cc1cc(O)cc(C)c1C[C@H]([N-][C@H](N)CCCN)C(=O)N[C@H](CCCCN)c1nc(Cc2ccccc2)no1.[K+]. The molecular formula is C29H42KN7O3. The molecule has 10 nitrogen and oxygen atoms in total. The van der Waals surface area contributed by atoms with Gasteiger partial charge >= 0.3 is 51.4 Å². The molecule has 3 atom stereocenters. The summed E-state index contributed by atoms with van der Waals surface area (Å²) in [5, 5.41) is 21.9. The van der Waals surface area contributed by atoms with Crippen LogP contribution in [-0.2, 0) is 17.6 Å². The molecule has 0 aliphatic heterocycles. The van der Waals surface area contributed by atoms with E-state index in [0.29, 0.717) is 56.9 Å². The van der Waals surface area contributed by atoms with Crippen LogP contribution in [0.2, 0.25) is 0 Å². The minimum Gasteiger partial charge on any atom is -0.637 e. The monoisotopic (exact) mass is 575 g/mol. The molecule has 8 N–H and O–H groups in total. The molecule has 0 saturated carbocycles. The van der Waals surface area contributed by atoms with Crippen molar-refractivity contribution in [3.8, 4) is 5.75 Å². The molecule has 0 radical (unpaired) electrons. The maximum absolute atomic E-state index is 13.7. The van der Waals surface area contributed by atoms with Gasteiger partial charge in [-0.1, -0.05) is 48.1 Å². The van der Waals surface area contributed by atoms with Gasteiger partial charge in [-0.2, -0.15) is 4.98 Å². The van der Waals surface area contributed by atoms with E-state index in [0.717, 1.165) is 35.1 Å². The van der Waals surface area contributed by atoms with Crippen LogP contribution >= 0.6 is 0 Å². The number of carbonyl (C=O) groups is 1. The zero-order valence-corrected chi connectivity index (χ0v) is 27.1. The Kier molecular flexibility index (Phi) is 15.5. The first-order chi connectivity index (χ1) is 18.8. The van der Waals surface area contributed by atoms with E-state index >= 15 is 0 Å². The number of unbranched alkanes of at least 4 members (excludes halogenated alkanes) is 1. The minimum absolute atomic E-state index is 0. The maximum atomic E-state index is 13.7. The molecule has 3 aromatic rings. The number of nitrogens with two attached hydrogens (primary N) is 3. The molecule has 3 rings (SSSR count). The Morgan fingerprint density at radius 1 is 1.05 bits per heavy atom. The number of rotatable bonds is 16. The molecule has 11 heteroatoms. The van der Waals surface area contributed by atoms with Gasteiger partial charge in [0.25, 0.3) is 0 Å². The fraction of sp³-hybridized carbons (Fsp3) is 0.483. The second kappa shape index (κ2) is 18.0. The molecule has 2 aromatic carbocycles. The molecule has 0 fully saturated rings. The van der Waals surface area contributed by atoms with Crippen molar-refractivity contribution in [1.82, 2.24) is 15.5 Å². The second-order valence-electron chi connectivity index (χ2n) is 9.98. The zero-order chi connectivity index (χ0) is 28.2. The summed E-state index contributed by atoms with van der Waals surface area (Å²) in [6.45, 7) is 4.88. The van der Waals surface area contributed by atoms with Crippen molar-refractivity contribution in [3.63, 3.8) is 0 Å². The third-order valence-corrected chi connectivity index (χ3v) is 6.71. The number of aromatic nitrogens is 2. The van der Waals surface area contributed by atoms with Gasteiger partial charge in [-0.25, -0.2) is 0 Å². The van der Waals surface area contributed by atoms with E-state index in [2.05, 4.69) is 20.8 Å². The van der Waals surface area contributed by atoms with E-state index in [1.54, 1.807) is 12.1 Å². The number of carbonyl (C=O) groups excluding carboxylic acids is 1. The van der Waals surface area contributed by atoms with Gasteiger partial charge in [-0.3, -0.25) is 4.79 Å². The van der Waals surface area contributed by atoms with Gasteiger partial charge in [0.15, 0.2) is 5.82 Å². The Hall–Kier alpha value is -1.67. The van der Waals surface area contributed by atoms with Crippen molar-refractivity contribution in [2.75, 3.05) is 13.1 Å². The zero-order valence-electron chi connectivity index (χ0n) is 24.0. The van der Waals surface area contributed by atoms with Crippen molar-refractivity contribution in [2.24, 2.45) is 17.2 Å². The average Bonchev–Trinajstić information content (AvgIpc) is 3.37. The Morgan fingerprint density at radius 3 is 2.38 bits per heavy atom. The van der Waals surface area contributed by atoms with E-state index in [1.807, 2.05) is 44.2 Å². The fourth-order valence-electron chi connectivity index (χ4n) is 4.61. The number of aromatic hydroxyl groups is 1. The molecule has 0 saturated heterocycles. The third kappa shape index (κ3) is 11.0. The first-order valence-electron chi connectivity index (χ1n) is 13.6. The van der Waals surface area contributed by atoms with Crippen molar-refractivity contribution in [2.45, 2.75) is 77.0 Å². The minimum atomic E-state index is -0.747. The van der Waals surface area contributed by atoms with Gasteiger partial charge in [0.1, 0.15) is 11.8 Å². The van der Waals surface area contributed by atoms with Gasteiger partial charge in [-0.15, -0.1) is 0 Å². The Balaban J connectivity index is 0.00000560. The Labute approximate surface area is 279 Å². The standard InChI is InChI=1S/C29H42N7O3.K/c1-19-15-22(37)16-20(2)23(19)18-25(33-26(32)12-8-14-31)28(38)34-24(11-6-7-13-30)29-35-27(36-39-29)17-21-9-4-3-5-10-21;/h3-5,9-10,15-16,24-26,37H,6-8,11-14,17-18,30-32H2,1-2H3,(H,34,38);/q-1;+1/t24-,25+,26+;/m1./s1. The molecule has 1 aromatic heterocycles. The van der Waals surface area contributed by atoms with Gasteiger partial charge in [-0.05, 0) is 99.5 Å². The van der Waals surface area contributed by atoms with Crippen LogP contribution in [0.15, 0.2) is 47.0 Å². The molecule has 0 unspecified atom stereocenters. The summed E-state index contributed by atoms with van der Waals surface area (Å²) < 4.78 is 5.61. The van der Waals surface area contributed by atoms with Gasteiger partial charge < -0.3 is 37.5 Å². The fourth-order valence-corrected chi connectivity index (χ4v) is 4.61. The molecule has 40 heavy (non-hydrogen) atoms. The Morgan fingerprint density at radius 2 is 1.73 bits per heavy atom. The van der Waals surface area contributed by atoms with Gasteiger partial charge in [0, 0.05) is 6.42 Å². The molecule has 212 valence electrons. The van der Waals surface area contributed by atoms with Crippen LogP contribution < -0.4 is 73.9 Å². The molecular weight excluding hydrogens is 533 g/mol. The topological polar surface area (TPSA) is 180 Å². The Bertz CT molecular complexity index is 1150. The molecule has 0 spiro atoms. The molecule has 1 heterocycles. The van der Waals surface area contributed by atoms with Crippen LogP contribution in [0.25, 0.3) is 5.32 Å². The van der Waals surface area contributed by atoms with Crippen LogP contribution in [0.5, 0.6) is 5.75 Å². The summed E-state index contributed by atoms with van der Waals surface area (Å²) in [5.41, 5.74) is 21.4. The third-order valence-electron chi connectivity index (χ3n) is 6.71. The summed E-state index contributed by atoms with van der Waals surface area (Å²) in [5.74, 6) is 0.823. The van der Waals surface area contributed by atoms with E-state index in [9.17, 15) is 9.90 Å². The van der Waals surface area contributed by atoms with E-state index < -0.39 is 18.2 Å². The number of nitrogens with one attached hydrogen (secondary N) is 1. The van der Waals surface area contributed by atoms with Crippen LogP contribution in [0.1, 0.15) is 72.1 Å². The number of hydrogen-bond acceptors (Lipinski definition) is 8. The summed E-state index contributed by atoms with van der Waals surface area (Å²) in [6.07, 6.45) is 3.83. The van der Waals surface area contributed by atoms with E-state index in [4.69, 9.17) is 21.7 Å². The summed E-state index contributed by atoms with van der Waals surface area (Å²) in [6, 6.07) is 12.0. The van der Waals surface area contributed by atoms with Crippen molar-refractivity contribution >= 4 is 5.91 Å². The number of phenolic OH excluding ortho intramolecular Hbond substituents is 1. The quantitative estimate of drug-likeness (QED) is 0.119. The predicted molar refractivity (Wildman–Crippen MR) is 152 cm³/mol. The molecule has 0 aliphatic carbocycles. The summed E-state index contributed by atoms with van der Waals surface area (Å²) in [7, 11) is 0. The van der Waals surface area contributed by atoms with Crippen molar-refractivity contribution in [1.29, 1.82) is 0 Å². The average molecular weight is 576 g/mol. The number of amides is 1. The first kappa shape index (κ1) is 34.5. The number of nitrogens with zero attached hydrogens (tertiary/aromatic N) is 3. The van der Waals surface area contributed by atoms with Crippen LogP contribution in [0.4, 0.5) is 0 Å². The number of benzene rings is 2. The number of aryl methyl sites for hydroxylation is 2. The van der Waals surface area contributed by atoms with Crippen LogP contribution in [0.3, 0.4) is 0 Å². The molecule has 1 amide bonds. The van der Waals surface area contributed by atoms with Gasteiger partial charge in [0.05, 0.1) is 0 Å². The predicted octanol–water partition coefficient (Wildman–Crippen LogP) is 0.282. The largest absolute Gasteiger partial charge is 1.00 e. The van der Waals surface area contributed by atoms with E-state index in [-0.39, 0.29) is 63.0 Å². The van der Waals surface area contributed by atoms with Crippen molar-refractivity contribution in [3.05, 3.63) is 81.8 Å². The normalized spacial score (nSPS) is 13.3. The number of hydrogen-bond donors (Lipinski definition) is 5. The maximum Gasteiger partial charge on any atom is 1.00 e. The molecule has 0 aliphatic rings.